The molecule has 0 heterocycles. The summed E-state index contributed by atoms with van der Waals surface area (Å²) in [5, 5.41) is 11.0. The van der Waals surface area contributed by atoms with Crippen LogP contribution in [-0.2, 0) is 0 Å². The molecule has 2 aromatic rings. The van der Waals surface area contributed by atoms with Gasteiger partial charge in [-0.2, -0.15) is 0 Å². The predicted molar refractivity (Wildman–Crippen MR) is 78.8 cm³/mol. The zero-order valence-corrected chi connectivity index (χ0v) is 11.8. The summed E-state index contributed by atoms with van der Waals surface area (Å²) in [5.41, 5.74) is 6.51. The van der Waals surface area contributed by atoms with Gasteiger partial charge in [-0.1, -0.05) is 18.2 Å². The van der Waals surface area contributed by atoms with Crippen LogP contribution < -0.4 is 15.2 Å². The second-order valence-corrected chi connectivity index (χ2v) is 4.49. The Morgan fingerprint density at radius 1 is 1.10 bits per heavy atom. The Bertz CT molecular complexity index is 656. The fourth-order valence-corrected chi connectivity index (χ4v) is 2.05. The van der Waals surface area contributed by atoms with E-state index in [0.29, 0.717) is 17.1 Å². The second kappa shape index (κ2) is 6.23. The lowest BCUT2D eigenvalue weighted by Gasteiger charge is -2.17. The van der Waals surface area contributed by atoms with Crippen molar-refractivity contribution < 1.29 is 14.4 Å². The van der Waals surface area contributed by atoms with Crippen LogP contribution in [-0.4, -0.2) is 12.0 Å². The van der Waals surface area contributed by atoms with Crippen molar-refractivity contribution in [2.75, 3.05) is 7.11 Å². The molecule has 6 heteroatoms. The predicted octanol–water partition coefficient (Wildman–Crippen LogP) is 3.42. The van der Waals surface area contributed by atoms with Crippen LogP contribution in [0, 0.1) is 10.1 Å². The summed E-state index contributed by atoms with van der Waals surface area (Å²) in [4.78, 5) is 10.5. The minimum Gasteiger partial charge on any atom is -0.496 e. The Kier molecular flexibility index (Phi) is 4.39. The molecule has 6 nitrogen and oxygen atoms in total. The first-order chi connectivity index (χ1) is 10.0. The van der Waals surface area contributed by atoms with Gasteiger partial charge in [0.2, 0.25) is 5.75 Å². The van der Waals surface area contributed by atoms with E-state index in [1.165, 1.54) is 13.2 Å². The van der Waals surface area contributed by atoms with Gasteiger partial charge < -0.3 is 15.2 Å². The van der Waals surface area contributed by atoms with Gasteiger partial charge in [-0.25, -0.2) is 0 Å². The highest BCUT2D eigenvalue weighted by molar-refractivity contribution is 5.52. The molecule has 0 aliphatic carbocycles. The van der Waals surface area contributed by atoms with Gasteiger partial charge in [-0.3, -0.25) is 10.1 Å². The largest absolute Gasteiger partial charge is 0.496 e. The molecular formula is C15H16N2O4. The number of hydrogen-bond donors (Lipinski definition) is 1. The Hall–Kier alpha value is -2.60. The lowest BCUT2D eigenvalue weighted by atomic mass is 10.1. The van der Waals surface area contributed by atoms with Crippen LogP contribution in [0.2, 0.25) is 0 Å². The van der Waals surface area contributed by atoms with E-state index in [0.717, 1.165) is 0 Å². The maximum absolute atomic E-state index is 11.0. The number of nitro groups is 1. The first kappa shape index (κ1) is 14.8. The molecule has 0 saturated heterocycles. The van der Waals surface area contributed by atoms with Crippen LogP contribution in [0.1, 0.15) is 18.5 Å². The van der Waals surface area contributed by atoms with Gasteiger partial charge in [0.25, 0.3) is 0 Å². The molecule has 2 aromatic carbocycles. The summed E-state index contributed by atoms with van der Waals surface area (Å²) in [6.07, 6.45) is 0. The Morgan fingerprint density at radius 2 is 1.71 bits per heavy atom. The number of ether oxygens (including phenoxy) is 2. The van der Waals surface area contributed by atoms with Crippen molar-refractivity contribution in [1.29, 1.82) is 0 Å². The summed E-state index contributed by atoms with van der Waals surface area (Å²) >= 11 is 0. The number of methoxy groups -OCH3 is 1. The highest BCUT2D eigenvalue weighted by Gasteiger charge is 2.19. The van der Waals surface area contributed by atoms with Crippen LogP contribution in [0.3, 0.4) is 0 Å². The molecule has 0 spiro atoms. The Balaban J connectivity index is 2.48. The smallest absolute Gasteiger partial charge is 0.311 e. The second-order valence-electron chi connectivity index (χ2n) is 4.49. The third kappa shape index (κ3) is 3.11. The molecule has 0 bridgehead atoms. The number of hydrogen-bond acceptors (Lipinski definition) is 5. The zero-order chi connectivity index (χ0) is 15.4. The van der Waals surface area contributed by atoms with E-state index in [-0.39, 0.29) is 17.5 Å². The Morgan fingerprint density at radius 3 is 2.33 bits per heavy atom. The molecule has 2 rings (SSSR count). The van der Waals surface area contributed by atoms with Crippen molar-refractivity contribution in [3.8, 4) is 17.2 Å². The van der Waals surface area contributed by atoms with Crippen LogP contribution in [0.5, 0.6) is 17.2 Å². The SMILES string of the molecule is COc1cccc(Oc2ccccc2[N+](=O)[O-])c1[C@@H](C)N. The van der Waals surface area contributed by atoms with E-state index in [1.807, 2.05) is 0 Å². The number of benzene rings is 2. The first-order valence-corrected chi connectivity index (χ1v) is 6.38. The van der Waals surface area contributed by atoms with Crippen molar-refractivity contribution >= 4 is 5.69 Å². The third-order valence-corrected chi connectivity index (χ3v) is 2.98. The minimum absolute atomic E-state index is 0.101. The van der Waals surface area contributed by atoms with Crippen LogP contribution in [0.25, 0.3) is 0 Å². The molecule has 0 aliphatic rings. The fraction of sp³-hybridized carbons (Fsp3) is 0.200. The highest BCUT2D eigenvalue weighted by atomic mass is 16.6. The van der Waals surface area contributed by atoms with Gasteiger partial charge in [0.15, 0.2) is 0 Å². The maximum atomic E-state index is 11.0. The first-order valence-electron chi connectivity index (χ1n) is 6.38. The number of para-hydroxylation sites is 2. The quantitative estimate of drug-likeness (QED) is 0.672. The van der Waals surface area contributed by atoms with Crippen LogP contribution in [0.4, 0.5) is 5.69 Å². The fourth-order valence-electron chi connectivity index (χ4n) is 2.05. The molecule has 21 heavy (non-hydrogen) atoms. The topological polar surface area (TPSA) is 87.6 Å². The molecule has 0 aliphatic heterocycles. The van der Waals surface area contributed by atoms with Crippen molar-refractivity contribution in [1.82, 2.24) is 0 Å². The molecule has 0 saturated carbocycles. The van der Waals surface area contributed by atoms with Crippen molar-refractivity contribution in [2.45, 2.75) is 13.0 Å². The maximum Gasteiger partial charge on any atom is 0.311 e. The van der Waals surface area contributed by atoms with E-state index in [4.69, 9.17) is 15.2 Å². The van der Waals surface area contributed by atoms with E-state index in [2.05, 4.69) is 0 Å². The van der Waals surface area contributed by atoms with Gasteiger partial charge in [0.1, 0.15) is 11.5 Å². The molecule has 0 fully saturated rings. The summed E-state index contributed by atoms with van der Waals surface area (Å²) in [6.45, 7) is 1.80. The van der Waals surface area contributed by atoms with Crippen molar-refractivity contribution in [3.05, 3.63) is 58.1 Å². The number of nitrogens with zero attached hydrogens (tertiary/aromatic N) is 1. The van der Waals surface area contributed by atoms with Gasteiger partial charge in [-0.15, -0.1) is 0 Å². The summed E-state index contributed by atoms with van der Waals surface area (Å²) in [5.74, 6) is 1.19. The monoisotopic (exact) mass is 288 g/mol. The van der Waals surface area contributed by atoms with E-state index in [1.54, 1.807) is 43.3 Å². The normalized spacial score (nSPS) is 11.8. The van der Waals surface area contributed by atoms with Crippen molar-refractivity contribution in [3.63, 3.8) is 0 Å². The van der Waals surface area contributed by atoms with Crippen LogP contribution in [0.15, 0.2) is 42.5 Å². The average Bonchev–Trinajstić information content (AvgIpc) is 2.47. The molecule has 110 valence electrons. The number of rotatable bonds is 5. The zero-order valence-electron chi connectivity index (χ0n) is 11.8. The summed E-state index contributed by atoms with van der Waals surface area (Å²) in [7, 11) is 1.54. The van der Waals surface area contributed by atoms with Gasteiger partial charge in [0, 0.05) is 12.1 Å². The molecule has 0 amide bonds. The van der Waals surface area contributed by atoms with Crippen LogP contribution >= 0.6 is 0 Å². The lowest BCUT2D eigenvalue weighted by molar-refractivity contribution is -0.385. The van der Waals surface area contributed by atoms with E-state index < -0.39 is 4.92 Å². The molecule has 0 aromatic heterocycles. The number of nitro benzene ring substituents is 1. The lowest BCUT2D eigenvalue weighted by Crippen LogP contribution is -2.09. The highest BCUT2D eigenvalue weighted by Crippen LogP contribution is 2.38. The van der Waals surface area contributed by atoms with Gasteiger partial charge >= 0.3 is 5.69 Å². The van der Waals surface area contributed by atoms with E-state index >= 15 is 0 Å². The van der Waals surface area contributed by atoms with Gasteiger partial charge in [0.05, 0.1) is 17.6 Å². The molecular weight excluding hydrogens is 272 g/mol. The standard InChI is InChI=1S/C15H16N2O4/c1-10(16)15-13(20-2)8-5-9-14(15)21-12-7-4-3-6-11(12)17(18)19/h3-10H,16H2,1-2H3/t10-/m1/s1. The summed E-state index contributed by atoms with van der Waals surface area (Å²) in [6, 6.07) is 11.1. The van der Waals surface area contributed by atoms with E-state index in [9.17, 15) is 10.1 Å². The minimum atomic E-state index is -0.485. The average molecular weight is 288 g/mol. The van der Waals surface area contributed by atoms with Gasteiger partial charge in [-0.05, 0) is 25.1 Å². The Labute approximate surface area is 122 Å². The molecule has 0 radical (unpaired) electrons. The van der Waals surface area contributed by atoms with Crippen molar-refractivity contribution in [2.24, 2.45) is 5.73 Å². The molecule has 1 atom stereocenters. The number of nitrogens with two attached hydrogens (primary N) is 1. The third-order valence-electron chi connectivity index (χ3n) is 2.98. The summed E-state index contributed by atoms with van der Waals surface area (Å²) < 4.78 is 11.0. The molecule has 0 unspecified atom stereocenters. The molecule has 2 N–H and O–H groups in total.